The molecule has 1 heterocycles. The number of unbranched alkanes of at least 4 members (excludes halogenated alkanes) is 38. The molecule has 0 aromatic rings. The summed E-state index contributed by atoms with van der Waals surface area (Å²) in [5, 5.41) is 57.2. The summed E-state index contributed by atoms with van der Waals surface area (Å²) in [5.74, 6) is -1.19. The van der Waals surface area contributed by atoms with Crippen LogP contribution in [-0.2, 0) is 23.8 Å². The Morgan fingerprint density at radius 1 is 0.470 bits per heavy atom. The van der Waals surface area contributed by atoms with Gasteiger partial charge in [0.15, 0.2) is 12.4 Å². The molecule has 6 N–H and O–H groups in total. The summed E-state index contributed by atoms with van der Waals surface area (Å²) in [6.07, 6.45) is 65.4. The summed E-state index contributed by atoms with van der Waals surface area (Å²) in [5.41, 5.74) is 0. The lowest BCUT2D eigenvalue weighted by Gasteiger charge is -2.41. The summed E-state index contributed by atoms with van der Waals surface area (Å²) >= 11 is 0. The second-order valence-corrected chi connectivity index (χ2v) is 24.3. The van der Waals surface area contributed by atoms with Gasteiger partial charge in [-0.3, -0.25) is 9.59 Å². The summed E-state index contributed by atoms with van der Waals surface area (Å²) in [7, 11) is 0. The van der Waals surface area contributed by atoms with Gasteiger partial charge in [-0.1, -0.05) is 287 Å². The van der Waals surface area contributed by atoms with E-state index in [9.17, 15) is 35.1 Å². The topological polar surface area (TPSA) is 175 Å². The van der Waals surface area contributed by atoms with Crippen molar-refractivity contribution in [3.8, 4) is 0 Å². The highest BCUT2D eigenvalue weighted by molar-refractivity contribution is 5.80. The van der Waals surface area contributed by atoms with Crippen molar-refractivity contribution in [1.29, 1.82) is 0 Å². The Labute approximate surface area is 509 Å². The van der Waals surface area contributed by atoms with Gasteiger partial charge in [0, 0.05) is 6.42 Å². The number of hydrogen-bond donors (Lipinski definition) is 6. The predicted molar refractivity (Wildman–Crippen MR) is 347 cm³/mol. The smallest absolute Gasteiger partial charge is 0.306 e. The van der Waals surface area contributed by atoms with E-state index in [1.807, 2.05) is 6.08 Å². The summed E-state index contributed by atoms with van der Waals surface area (Å²) < 4.78 is 17.7. The molecule has 1 fully saturated rings. The van der Waals surface area contributed by atoms with Gasteiger partial charge in [0.25, 0.3) is 0 Å². The van der Waals surface area contributed by atoms with Crippen molar-refractivity contribution < 1.29 is 49.3 Å². The first kappa shape index (κ1) is 78.4. The van der Waals surface area contributed by atoms with Crippen molar-refractivity contribution in [1.82, 2.24) is 5.32 Å². The zero-order valence-electron chi connectivity index (χ0n) is 53.8. The number of esters is 1. The van der Waals surface area contributed by atoms with Crippen LogP contribution in [0.25, 0.3) is 0 Å². The average molecular weight is 1170 g/mol. The lowest BCUT2D eigenvalue weighted by Crippen LogP contribution is -2.61. The van der Waals surface area contributed by atoms with Crippen LogP contribution in [-0.4, -0.2) is 99.6 Å². The minimum absolute atomic E-state index is 0.121. The van der Waals surface area contributed by atoms with Gasteiger partial charge in [-0.25, -0.2) is 0 Å². The molecule has 1 aliphatic heterocycles. The number of carbonyl (C=O) groups excluding carboxylic acids is 2. The van der Waals surface area contributed by atoms with Crippen LogP contribution in [0.5, 0.6) is 0 Å². The number of allylic oxidation sites excluding steroid dienone is 9. The number of rotatable bonds is 60. The van der Waals surface area contributed by atoms with Crippen molar-refractivity contribution in [3.05, 3.63) is 60.8 Å². The molecule has 484 valence electrons. The maximum atomic E-state index is 13.5. The van der Waals surface area contributed by atoms with Crippen molar-refractivity contribution in [2.45, 2.75) is 372 Å². The quantitative estimate of drug-likeness (QED) is 0.0195. The summed E-state index contributed by atoms with van der Waals surface area (Å²) in [4.78, 5) is 26.7. The maximum Gasteiger partial charge on any atom is 0.306 e. The van der Waals surface area contributed by atoms with E-state index in [1.165, 1.54) is 205 Å². The van der Waals surface area contributed by atoms with Gasteiger partial charge in [0.05, 0.1) is 25.4 Å². The van der Waals surface area contributed by atoms with Gasteiger partial charge in [-0.05, 0) is 89.9 Å². The van der Waals surface area contributed by atoms with E-state index >= 15 is 0 Å². The lowest BCUT2D eigenvalue weighted by atomic mass is 9.99. The molecular weight excluding hydrogens is 1040 g/mol. The van der Waals surface area contributed by atoms with E-state index in [1.54, 1.807) is 6.08 Å². The van der Waals surface area contributed by atoms with Crippen molar-refractivity contribution in [3.63, 3.8) is 0 Å². The molecule has 0 spiro atoms. The second kappa shape index (κ2) is 59.7. The highest BCUT2D eigenvalue weighted by Crippen LogP contribution is 2.26. The molecule has 83 heavy (non-hydrogen) atoms. The van der Waals surface area contributed by atoms with E-state index < -0.39 is 67.4 Å². The molecule has 1 saturated heterocycles. The van der Waals surface area contributed by atoms with Crippen LogP contribution >= 0.6 is 0 Å². The molecule has 0 radical (unpaired) electrons. The molecule has 0 aliphatic carbocycles. The highest BCUT2D eigenvalue weighted by Gasteiger charge is 2.47. The molecule has 0 aromatic heterocycles. The van der Waals surface area contributed by atoms with Gasteiger partial charge in [-0.2, -0.15) is 0 Å². The van der Waals surface area contributed by atoms with E-state index in [0.717, 1.165) is 70.6 Å². The Kier molecular flexibility index (Phi) is 56.4. The SMILES string of the molecule is CCCCC/C=C\C/C=C\CCCCCCCCCCCCCCC(O)C(=O)NC(COC1OC(CO)C(O)C(O)C1OC(=O)CCCCCCCCCCCCC/C=C\C/C=C\CCCCC)C(O)/C=C/CCCCCCCCCCC. The Morgan fingerprint density at radius 3 is 1.25 bits per heavy atom. The first-order chi connectivity index (χ1) is 40.7. The number of amides is 1. The summed E-state index contributed by atoms with van der Waals surface area (Å²) in [6.45, 7) is 5.77. The van der Waals surface area contributed by atoms with Crippen molar-refractivity contribution >= 4 is 11.9 Å². The maximum absolute atomic E-state index is 13.5. The lowest BCUT2D eigenvalue weighted by molar-refractivity contribution is -0.305. The first-order valence-corrected chi connectivity index (χ1v) is 35.1. The van der Waals surface area contributed by atoms with Gasteiger partial charge >= 0.3 is 5.97 Å². The van der Waals surface area contributed by atoms with Crippen molar-refractivity contribution in [2.24, 2.45) is 0 Å². The Morgan fingerprint density at radius 2 is 0.831 bits per heavy atom. The monoisotopic (exact) mass is 1170 g/mol. The summed E-state index contributed by atoms with van der Waals surface area (Å²) in [6, 6.07) is -1.03. The molecule has 0 bridgehead atoms. The molecule has 8 unspecified atom stereocenters. The minimum atomic E-state index is -1.62. The van der Waals surface area contributed by atoms with E-state index in [0.29, 0.717) is 19.3 Å². The molecule has 1 amide bonds. The Bertz CT molecular complexity index is 1580. The normalized spacial score (nSPS) is 18.9. The van der Waals surface area contributed by atoms with Gasteiger partial charge in [0.1, 0.15) is 24.4 Å². The molecule has 0 saturated carbocycles. The second-order valence-electron chi connectivity index (χ2n) is 24.3. The zero-order valence-corrected chi connectivity index (χ0v) is 53.8. The van der Waals surface area contributed by atoms with Crippen LogP contribution in [0.15, 0.2) is 60.8 Å². The number of aliphatic hydroxyl groups is 5. The van der Waals surface area contributed by atoms with Crippen LogP contribution in [0.2, 0.25) is 0 Å². The fourth-order valence-electron chi connectivity index (χ4n) is 10.8. The third kappa shape index (κ3) is 47.2. The third-order valence-corrected chi connectivity index (χ3v) is 16.4. The molecule has 0 aromatic carbocycles. The third-order valence-electron chi connectivity index (χ3n) is 16.4. The van der Waals surface area contributed by atoms with E-state index in [-0.39, 0.29) is 13.0 Å². The van der Waals surface area contributed by atoms with Crippen LogP contribution in [0.1, 0.15) is 323 Å². The van der Waals surface area contributed by atoms with Gasteiger partial charge < -0.3 is 45.1 Å². The molecule has 1 rings (SSSR count). The van der Waals surface area contributed by atoms with Crippen LogP contribution < -0.4 is 5.32 Å². The number of hydrogen-bond acceptors (Lipinski definition) is 10. The Balaban J connectivity index is 2.57. The average Bonchev–Trinajstić information content (AvgIpc) is 3.52. The number of ether oxygens (including phenoxy) is 3. The van der Waals surface area contributed by atoms with Crippen LogP contribution in [0, 0.1) is 0 Å². The molecule has 8 atom stereocenters. The predicted octanol–water partition coefficient (Wildman–Crippen LogP) is 17.7. The molecule has 1 aliphatic rings. The number of carbonyl (C=O) groups is 2. The molecular formula is C72H131NO10. The van der Waals surface area contributed by atoms with Gasteiger partial charge in [-0.15, -0.1) is 0 Å². The standard InChI is InChI=1S/C72H131NO10/c1-4-7-10-13-16-19-22-24-26-28-30-32-34-35-37-39-41-44-47-50-53-56-59-65(76)71(80)73-63(64(75)58-55-52-49-46-43-21-18-15-12-9-6-3)62-81-72-70(69(79)68(78)66(61-74)82-72)83-67(77)60-57-54-51-48-45-42-40-38-36-33-31-29-27-25-23-20-17-14-11-8-5-2/h16-17,19-20,24-27,55,58,63-66,68-70,72,74-76,78-79H,4-15,18,21-23,28-54,56-57,59-62H2,1-3H3,(H,73,80)/b19-16-,20-17-,26-24-,27-25-,58-55+. The van der Waals surface area contributed by atoms with E-state index in [4.69, 9.17) is 14.2 Å². The largest absolute Gasteiger partial charge is 0.454 e. The Hall–Kier alpha value is -2.64. The van der Waals surface area contributed by atoms with Crippen molar-refractivity contribution in [2.75, 3.05) is 13.2 Å². The highest BCUT2D eigenvalue weighted by atomic mass is 16.7. The first-order valence-electron chi connectivity index (χ1n) is 35.1. The fraction of sp³-hybridized carbons (Fsp3) is 0.833. The molecule has 11 nitrogen and oxygen atoms in total. The molecule has 11 heteroatoms. The fourth-order valence-corrected chi connectivity index (χ4v) is 10.8. The number of nitrogens with one attached hydrogen (secondary N) is 1. The van der Waals surface area contributed by atoms with Gasteiger partial charge in [0.2, 0.25) is 5.91 Å². The zero-order chi connectivity index (χ0) is 60.3. The van der Waals surface area contributed by atoms with Crippen LogP contribution in [0.4, 0.5) is 0 Å². The minimum Gasteiger partial charge on any atom is -0.454 e. The number of aliphatic hydroxyl groups excluding tert-OH is 5. The van der Waals surface area contributed by atoms with Crippen LogP contribution in [0.3, 0.4) is 0 Å². The van der Waals surface area contributed by atoms with E-state index in [2.05, 4.69) is 74.7 Å².